The molecule has 0 aromatic heterocycles. The van der Waals surface area contributed by atoms with E-state index >= 15 is 0 Å². The van der Waals surface area contributed by atoms with E-state index in [-0.39, 0.29) is 5.75 Å². The van der Waals surface area contributed by atoms with Crippen molar-refractivity contribution in [3.8, 4) is 0 Å². The highest BCUT2D eigenvalue weighted by molar-refractivity contribution is 7.89. The highest BCUT2D eigenvalue weighted by Crippen LogP contribution is 2.20. The van der Waals surface area contributed by atoms with Gasteiger partial charge in [0.15, 0.2) is 0 Å². The van der Waals surface area contributed by atoms with Gasteiger partial charge in [0.25, 0.3) is 0 Å². The number of hydrogen-bond donors (Lipinski definition) is 1. The van der Waals surface area contributed by atoms with Gasteiger partial charge < -0.3 is 10.2 Å². The molecule has 0 aromatic carbocycles. The first kappa shape index (κ1) is 17.2. The van der Waals surface area contributed by atoms with Crippen molar-refractivity contribution in [2.75, 3.05) is 32.4 Å². The fourth-order valence-electron chi connectivity index (χ4n) is 3.46. The quantitative estimate of drug-likeness (QED) is 0.829. The van der Waals surface area contributed by atoms with E-state index in [1.54, 1.807) is 4.31 Å². The van der Waals surface area contributed by atoms with Crippen molar-refractivity contribution in [1.82, 2.24) is 14.5 Å². The van der Waals surface area contributed by atoms with Gasteiger partial charge in [0.2, 0.25) is 10.0 Å². The van der Waals surface area contributed by atoms with Crippen LogP contribution in [0.15, 0.2) is 0 Å². The first-order valence-corrected chi connectivity index (χ1v) is 9.97. The van der Waals surface area contributed by atoms with Gasteiger partial charge in [0.1, 0.15) is 0 Å². The topological polar surface area (TPSA) is 52.7 Å². The van der Waals surface area contributed by atoms with Crippen LogP contribution in [0, 0.1) is 0 Å². The van der Waals surface area contributed by atoms with Crippen molar-refractivity contribution in [3.05, 3.63) is 0 Å². The number of rotatable bonds is 5. The summed E-state index contributed by atoms with van der Waals surface area (Å²) in [6.07, 6.45) is 5.00. The van der Waals surface area contributed by atoms with Crippen LogP contribution in [0.5, 0.6) is 0 Å². The largest absolute Gasteiger partial charge is 0.311 e. The number of hydrogen-bond acceptors (Lipinski definition) is 4. The van der Waals surface area contributed by atoms with E-state index in [1.807, 2.05) is 6.92 Å². The van der Waals surface area contributed by atoms with Crippen molar-refractivity contribution in [2.45, 2.75) is 64.1 Å². The molecule has 2 saturated heterocycles. The zero-order valence-corrected chi connectivity index (χ0v) is 14.5. The molecule has 0 spiro atoms. The van der Waals surface area contributed by atoms with Gasteiger partial charge in [-0.05, 0) is 52.6 Å². The normalized spacial score (nSPS) is 30.6. The van der Waals surface area contributed by atoms with Crippen LogP contribution in [-0.4, -0.2) is 68.2 Å². The number of nitrogens with one attached hydrogen (secondary N) is 1. The third-order valence-electron chi connectivity index (χ3n) is 4.99. The van der Waals surface area contributed by atoms with Crippen LogP contribution < -0.4 is 5.32 Å². The lowest BCUT2D eigenvalue weighted by Crippen LogP contribution is -2.52. The summed E-state index contributed by atoms with van der Waals surface area (Å²) in [5.74, 6) is 0.289. The zero-order chi connectivity index (χ0) is 15.5. The Bertz CT molecular complexity index is 419. The second-order valence-electron chi connectivity index (χ2n) is 6.71. The van der Waals surface area contributed by atoms with Crippen LogP contribution in [0.2, 0.25) is 0 Å². The number of piperidine rings is 2. The van der Waals surface area contributed by atoms with E-state index in [1.165, 1.54) is 12.8 Å². The summed E-state index contributed by atoms with van der Waals surface area (Å²) >= 11 is 0. The van der Waals surface area contributed by atoms with E-state index in [0.717, 1.165) is 19.4 Å². The first-order chi connectivity index (χ1) is 9.92. The Hall–Kier alpha value is -0.170. The average molecular weight is 317 g/mol. The summed E-state index contributed by atoms with van der Waals surface area (Å²) < 4.78 is 25.8. The van der Waals surface area contributed by atoms with Crippen LogP contribution in [0.4, 0.5) is 0 Å². The molecule has 5 nitrogen and oxygen atoms in total. The fourth-order valence-corrected chi connectivity index (χ4v) is 5.00. The predicted octanol–water partition coefficient (Wildman–Crippen LogP) is 1.26. The van der Waals surface area contributed by atoms with Crippen LogP contribution in [0.25, 0.3) is 0 Å². The van der Waals surface area contributed by atoms with Crippen molar-refractivity contribution in [1.29, 1.82) is 0 Å². The molecule has 2 heterocycles. The maximum Gasteiger partial charge on any atom is 0.214 e. The summed E-state index contributed by atoms with van der Waals surface area (Å²) in [6.45, 7) is 6.73. The minimum atomic E-state index is -3.01. The van der Waals surface area contributed by atoms with Crippen LogP contribution in [-0.2, 0) is 10.0 Å². The fraction of sp³-hybridized carbons (Fsp3) is 1.00. The molecule has 21 heavy (non-hydrogen) atoms. The monoisotopic (exact) mass is 317 g/mol. The van der Waals surface area contributed by atoms with Gasteiger partial charge in [-0.3, -0.25) is 0 Å². The maximum absolute atomic E-state index is 12.1. The number of likely N-dealkylation sites (tertiary alicyclic amines) is 1. The average Bonchev–Trinajstić information content (AvgIpc) is 2.43. The lowest BCUT2D eigenvalue weighted by molar-refractivity contribution is 0.154. The van der Waals surface area contributed by atoms with Gasteiger partial charge in [0.05, 0.1) is 5.75 Å². The molecule has 2 aliphatic heterocycles. The molecular formula is C15H31N3O2S. The molecule has 0 aromatic rings. The first-order valence-electron chi connectivity index (χ1n) is 8.36. The van der Waals surface area contributed by atoms with E-state index in [4.69, 9.17) is 0 Å². The van der Waals surface area contributed by atoms with E-state index < -0.39 is 10.0 Å². The summed E-state index contributed by atoms with van der Waals surface area (Å²) in [4.78, 5) is 2.41. The van der Waals surface area contributed by atoms with E-state index in [9.17, 15) is 8.42 Å². The Morgan fingerprint density at radius 2 is 1.71 bits per heavy atom. The van der Waals surface area contributed by atoms with Gasteiger partial charge in [-0.2, -0.15) is 0 Å². The Kier molecular flexibility index (Phi) is 6.05. The van der Waals surface area contributed by atoms with E-state index in [0.29, 0.717) is 37.6 Å². The minimum Gasteiger partial charge on any atom is -0.311 e. The second-order valence-corrected chi connectivity index (χ2v) is 8.80. The molecule has 1 N–H and O–H groups in total. The maximum atomic E-state index is 12.1. The summed E-state index contributed by atoms with van der Waals surface area (Å²) in [7, 11) is -0.815. The number of sulfonamides is 1. The predicted molar refractivity (Wildman–Crippen MR) is 86.9 cm³/mol. The zero-order valence-electron chi connectivity index (χ0n) is 13.7. The third-order valence-corrected chi connectivity index (χ3v) is 7.07. The van der Waals surface area contributed by atoms with Crippen molar-refractivity contribution >= 4 is 10.0 Å². The van der Waals surface area contributed by atoms with Gasteiger partial charge in [-0.15, -0.1) is 0 Å². The summed E-state index contributed by atoms with van der Waals surface area (Å²) in [5, 5.41) is 3.76. The molecular weight excluding hydrogens is 286 g/mol. The molecule has 0 radical (unpaired) electrons. The molecule has 0 bridgehead atoms. The number of nitrogens with zero attached hydrogens (tertiary/aromatic N) is 2. The minimum absolute atomic E-state index is 0.289. The highest BCUT2D eigenvalue weighted by Gasteiger charge is 2.30. The Labute approximate surface area is 130 Å². The van der Waals surface area contributed by atoms with E-state index in [2.05, 4.69) is 24.2 Å². The molecule has 2 aliphatic rings. The highest BCUT2D eigenvalue weighted by atomic mass is 32.2. The molecule has 0 aliphatic carbocycles. The molecule has 6 heteroatoms. The molecule has 2 unspecified atom stereocenters. The molecule has 2 rings (SSSR count). The molecule has 0 saturated carbocycles. The molecule has 2 atom stereocenters. The van der Waals surface area contributed by atoms with Gasteiger partial charge in [0, 0.05) is 31.2 Å². The standard InChI is InChI=1S/C15H31N3O2S/c1-4-11-21(19,20)18-9-6-14(7-10-18)16-15-5-8-17(3)13(2)12-15/h13-16H,4-12H2,1-3H3. The van der Waals surface area contributed by atoms with Gasteiger partial charge in [-0.25, -0.2) is 12.7 Å². The second kappa shape index (κ2) is 7.40. The SMILES string of the molecule is CCCS(=O)(=O)N1CCC(NC2CCN(C)C(C)C2)CC1. The lowest BCUT2D eigenvalue weighted by atomic mass is 9.96. The lowest BCUT2D eigenvalue weighted by Gasteiger charge is -2.39. The Morgan fingerprint density at radius 3 is 2.29 bits per heavy atom. The van der Waals surface area contributed by atoms with Gasteiger partial charge in [-0.1, -0.05) is 6.92 Å². The Morgan fingerprint density at radius 1 is 1.10 bits per heavy atom. The Balaban J connectivity index is 1.77. The molecule has 2 fully saturated rings. The third kappa shape index (κ3) is 4.65. The molecule has 124 valence electrons. The van der Waals surface area contributed by atoms with Crippen LogP contribution >= 0.6 is 0 Å². The van der Waals surface area contributed by atoms with Crippen LogP contribution in [0.1, 0.15) is 46.0 Å². The van der Waals surface area contributed by atoms with Gasteiger partial charge >= 0.3 is 0 Å². The van der Waals surface area contributed by atoms with Crippen LogP contribution in [0.3, 0.4) is 0 Å². The van der Waals surface area contributed by atoms with Crippen molar-refractivity contribution in [3.63, 3.8) is 0 Å². The van der Waals surface area contributed by atoms with Crippen molar-refractivity contribution < 1.29 is 8.42 Å². The summed E-state index contributed by atoms with van der Waals surface area (Å²) in [6, 6.07) is 1.72. The molecule has 0 amide bonds. The summed E-state index contributed by atoms with van der Waals surface area (Å²) in [5.41, 5.74) is 0. The van der Waals surface area contributed by atoms with Crippen molar-refractivity contribution in [2.24, 2.45) is 0 Å². The smallest absolute Gasteiger partial charge is 0.214 e.